The molecule has 26 heavy (non-hydrogen) atoms. The molecular formula is C21H16ClN3O. The zero-order chi connectivity index (χ0) is 17.9. The van der Waals surface area contributed by atoms with Gasteiger partial charge in [0, 0.05) is 27.7 Å². The van der Waals surface area contributed by atoms with Crippen LogP contribution in [0.15, 0.2) is 72.8 Å². The first-order valence-electron chi connectivity index (χ1n) is 8.17. The van der Waals surface area contributed by atoms with Crippen molar-refractivity contribution in [3.05, 3.63) is 77.8 Å². The highest BCUT2D eigenvalue weighted by atomic mass is 35.5. The predicted molar refractivity (Wildman–Crippen MR) is 106 cm³/mol. The second kappa shape index (κ2) is 7.02. The first-order chi connectivity index (χ1) is 12.7. The Morgan fingerprint density at radius 2 is 1.73 bits per heavy atom. The highest BCUT2D eigenvalue weighted by Gasteiger charge is 2.11. The number of methoxy groups -OCH3 is 1. The highest BCUT2D eigenvalue weighted by molar-refractivity contribution is 6.31. The summed E-state index contributed by atoms with van der Waals surface area (Å²) in [7, 11) is 1.64. The molecule has 1 N–H and O–H groups in total. The summed E-state index contributed by atoms with van der Waals surface area (Å²) in [5, 5.41) is 4.84. The number of nitrogens with one attached hydrogen (secondary N) is 1. The van der Waals surface area contributed by atoms with Gasteiger partial charge in [-0.25, -0.2) is 9.97 Å². The lowest BCUT2D eigenvalue weighted by Crippen LogP contribution is -2.00. The van der Waals surface area contributed by atoms with E-state index in [0.29, 0.717) is 11.0 Å². The Labute approximate surface area is 156 Å². The number of fused-ring (bicyclic) bond motifs is 1. The zero-order valence-corrected chi connectivity index (χ0v) is 14.9. The molecule has 5 heteroatoms. The Morgan fingerprint density at radius 3 is 2.54 bits per heavy atom. The Hall–Kier alpha value is -3.11. The van der Waals surface area contributed by atoms with Gasteiger partial charge in [-0.05, 0) is 30.3 Å². The molecule has 4 aromatic rings. The van der Waals surface area contributed by atoms with Crippen molar-refractivity contribution in [2.45, 2.75) is 0 Å². The molecule has 0 fully saturated rings. The minimum Gasteiger partial charge on any atom is -0.497 e. The largest absolute Gasteiger partial charge is 0.497 e. The van der Waals surface area contributed by atoms with E-state index in [9.17, 15) is 0 Å². The monoisotopic (exact) mass is 361 g/mol. The van der Waals surface area contributed by atoms with Crippen LogP contribution in [0.2, 0.25) is 5.02 Å². The molecule has 4 nitrogen and oxygen atoms in total. The van der Waals surface area contributed by atoms with Gasteiger partial charge in [-0.3, -0.25) is 0 Å². The second-order valence-electron chi connectivity index (χ2n) is 5.78. The molecule has 1 aromatic heterocycles. The lowest BCUT2D eigenvalue weighted by Gasteiger charge is -2.11. The predicted octanol–water partition coefficient (Wildman–Crippen LogP) is 5.70. The third kappa shape index (κ3) is 3.32. The first-order valence-corrected chi connectivity index (χ1v) is 8.54. The molecule has 4 rings (SSSR count). The van der Waals surface area contributed by atoms with Crippen LogP contribution in [0.3, 0.4) is 0 Å². The summed E-state index contributed by atoms with van der Waals surface area (Å²) >= 11 is 6.20. The van der Waals surface area contributed by atoms with E-state index >= 15 is 0 Å². The third-order valence-corrected chi connectivity index (χ3v) is 4.27. The standard InChI is InChI=1S/C21H16ClN3O/c1-26-17-9-5-8-16(13-17)23-21-24-19-11-10-15(22)12-18(19)20(25-21)14-6-3-2-4-7-14/h2-13H,1H3,(H,23,24,25). The fourth-order valence-corrected chi connectivity index (χ4v) is 2.97. The number of anilines is 2. The van der Waals surface area contributed by atoms with Gasteiger partial charge in [0.2, 0.25) is 5.95 Å². The molecular weight excluding hydrogens is 346 g/mol. The average Bonchev–Trinajstić information content (AvgIpc) is 2.68. The van der Waals surface area contributed by atoms with E-state index in [1.807, 2.05) is 72.8 Å². The van der Waals surface area contributed by atoms with Crippen molar-refractivity contribution >= 4 is 34.1 Å². The molecule has 0 unspecified atom stereocenters. The van der Waals surface area contributed by atoms with Crippen molar-refractivity contribution in [1.29, 1.82) is 0 Å². The molecule has 0 saturated carbocycles. The first kappa shape index (κ1) is 16.4. The number of ether oxygens (including phenoxy) is 1. The van der Waals surface area contributed by atoms with Crippen molar-refractivity contribution in [2.24, 2.45) is 0 Å². The van der Waals surface area contributed by atoms with E-state index in [0.717, 1.165) is 33.6 Å². The fraction of sp³-hybridized carbons (Fsp3) is 0.0476. The van der Waals surface area contributed by atoms with Crippen LogP contribution in [0.5, 0.6) is 5.75 Å². The van der Waals surface area contributed by atoms with Crippen LogP contribution in [0, 0.1) is 0 Å². The SMILES string of the molecule is COc1cccc(Nc2nc(-c3ccccc3)c3cc(Cl)ccc3n2)c1. The van der Waals surface area contributed by atoms with E-state index in [2.05, 4.69) is 10.3 Å². The summed E-state index contributed by atoms with van der Waals surface area (Å²) in [6, 6.07) is 23.3. The molecule has 128 valence electrons. The number of aromatic nitrogens is 2. The number of rotatable bonds is 4. The molecule has 0 aliphatic rings. The van der Waals surface area contributed by atoms with Gasteiger partial charge >= 0.3 is 0 Å². The number of hydrogen-bond acceptors (Lipinski definition) is 4. The number of hydrogen-bond donors (Lipinski definition) is 1. The van der Waals surface area contributed by atoms with E-state index in [-0.39, 0.29) is 0 Å². The maximum Gasteiger partial charge on any atom is 0.228 e. The van der Waals surface area contributed by atoms with E-state index in [4.69, 9.17) is 21.3 Å². The van der Waals surface area contributed by atoms with Gasteiger partial charge in [-0.1, -0.05) is 48.0 Å². The average molecular weight is 362 g/mol. The van der Waals surface area contributed by atoms with Crippen LogP contribution < -0.4 is 10.1 Å². The van der Waals surface area contributed by atoms with Crippen molar-refractivity contribution < 1.29 is 4.74 Å². The molecule has 1 heterocycles. The quantitative estimate of drug-likeness (QED) is 0.506. The van der Waals surface area contributed by atoms with Gasteiger partial charge in [0.25, 0.3) is 0 Å². The lowest BCUT2D eigenvalue weighted by atomic mass is 10.1. The van der Waals surface area contributed by atoms with Crippen LogP contribution in [-0.4, -0.2) is 17.1 Å². The van der Waals surface area contributed by atoms with Gasteiger partial charge in [0.1, 0.15) is 5.75 Å². The number of halogens is 1. The summed E-state index contributed by atoms with van der Waals surface area (Å²) in [5.74, 6) is 1.29. The van der Waals surface area contributed by atoms with Gasteiger partial charge < -0.3 is 10.1 Å². The van der Waals surface area contributed by atoms with E-state index in [1.54, 1.807) is 7.11 Å². The molecule has 0 amide bonds. The van der Waals surface area contributed by atoms with Gasteiger partial charge in [0.05, 0.1) is 18.3 Å². The molecule has 0 bridgehead atoms. The molecule has 0 aliphatic carbocycles. The molecule has 0 radical (unpaired) electrons. The normalized spacial score (nSPS) is 10.7. The van der Waals surface area contributed by atoms with Crippen molar-refractivity contribution in [3.8, 4) is 17.0 Å². The third-order valence-electron chi connectivity index (χ3n) is 4.03. The van der Waals surface area contributed by atoms with Crippen LogP contribution in [0.4, 0.5) is 11.6 Å². The van der Waals surface area contributed by atoms with E-state index < -0.39 is 0 Å². The van der Waals surface area contributed by atoms with Gasteiger partial charge in [0.15, 0.2) is 0 Å². The highest BCUT2D eigenvalue weighted by Crippen LogP contribution is 2.30. The number of benzene rings is 3. The van der Waals surface area contributed by atoms with Gasteiger partial charge in [-0.15, -0.1) is 0 Å². The molecule has 0 atom stereocenters. The van der Waals surface area contributed by atoms with Crippen LogP contribution in [-0.2, 0) is 0 Å². The Kier molecular flexibility index (Phi) is 4.42. The van der Waals surface area contributed by atoms with Crippen LogP contribution >= 0.6 is 11.6 Å². The topological polar surface area (TPSA) is 47.0 Å². The molecule has 3 aromatic carbocycles. The fourth-order valence-electron chi connectivity index (χ4n) is 2.80. The Morgan fingerprint density at radius 1 is 0.885 bits per heavy atom. The van der Waals surface area contributed by atoms with Crippen molar-refractivity contribution in [3.63, 3.8) is 0 Å². The smallest absolute Gasteiger partial charge is 0.228 e. The maximum atomic E-state index is 6.20. The minimum atomic E-state index is 0.520. The second-order valence-corrected chi connectivity index (χ2v) is 6.22. The summed E-state index contributed by atoms with van der Waals surface area (Å²) < 4.78 is 5.27. The molecule has 0 aliphatic heterocycles. The van der Waals surface area contributed by atoms with Crippen molar-refractivity contribution in [2.75, 3.05) is 12.4 Å². The van der Waals surface area contributed by atoms with Crippen molar-refractivity contribution in [1.82, 2.24) is 9.97 Å². The van der Waals surface area contributed by atoms with E-state index in [1.165, 1.54) is 0 Å². The zero-order valence-electron chi connectivity index (χ0n) is 14.1. The summed E-state index contributed by atoms with van der Waals surface area (Å²) in [4.78, 5) is 9.37. The molecule has 0 saturated heterocycles. The summed E-state index contributed by atoms with van der Waals surface area (Å²) in [6.45, 7) is 0. The molecule has 0 spiro atoms. The summed E-state index contributed by atoms with van der Waals surface area (Å²) in [6.07, 6.45) is 0. The Bertz CT molecular complexity index is 1070. The maximum absolute atomic E-state index is 6.20. The van der Waals surface area contributed by atoms with Crippen LogP contribution in [0.25, 0.3) is 22.2 Å². The Balaban J connectivity index is 1.84. The van der Waals surface area contributed by atoms with Gasteiger partial charge in [-0.2, -0.15) is 0 Å². The summed E-state index contributed by atoms with van der Waals surface area (Å²) in [5.41, 5.74) is 3.53. The lowest BCUT2D eigenvalue weighted by molar-refractivity contribution is 0.415. The van der Waals surface area contributed by atoms with Crippen LogP contribution in [0.1, 0.15) is 0 Å². The number of nitrogens with zero attached hydrogens (tertiary/aromatic N) is 2. The minimum absolute atomic E-state index is 0.520.